The Balaban J connectivity index is 1.41. The third kappa shape index (κ3) is 6.91. The zero-order valence-corrected chi connectivity index (χ0v) is 28.7. The molecule has 9 nitrogen and oxygen atoms in total. The van der Waals surface area contributed by atoms with Gasteiger partial charge in [-0.1, -0.05) is 61.2 Å². The summed E-state index contributed by atoms with van der Waals surface area (Å²) in [5.74, 6) is 0.132. The molecule has 48 heavy (non-hydrogen) atoms. The van der Waals surface area contributed by atoms with Crippen LogP contribution in [0.15, 0.2) is 70.6 Å². The second kappa shape index (κ2) is 14.4. The van der Waals surface area contributed by atoms with Gasteiger partial charge >= 0.3 is 5.91 Å². The van der Waals surface area contributed by atoms with Gasteiger partial charge in [-0.3, -0.25) is 14.5 Å². The van der Waals surface area contributed by atoms with E-state index in [2.05, 4.69) is 24.0 Å². The van der Waals surface area contributed by atoms with Crippen LogP contribution >= 0.6 is 23.1 Å². The molecular weight excluding hydrogens is 654 g/mol. The van der Waals surface area contributed by atoms with Gasteiger partial charge in [0.05, 0.1) is 24.8 Å². The van der Waals surface area contributed by atoms with Gasteiger partial charge in [0.2, 0.25) is 5.13 Å². The summed E-state index contributed by atoms with van der Waals surface area (Å²) in [6, 6.07) is 15.9. The topological polar surface area (TPSA) is 111 Å². The highest BCUT2D eigenvalue weighted by molar-refractivity contribution is 8.00. The summed E-state index contributed by atoms with van der Waals surface area (Å²) in [4.78, 5) is 28.9. The molecule has 250 valence electrons. The number of ketones is 1. The van der Waals surface area contributed by atoms with Gasteiger partial charge in [-0.25, -0.2) is 4.39 Å². The minimum atomic E-state index is -1.05. The van der Waals surface area contributed by atoms with Gasteiger partial charge in [-0.05, 0) is 79.3 Å². The lowest BCUT2D eigenvalue weighted by molar-refractivity contribution is -0.132. The van der Waals surface area contributed by atoms with Crippen molar-refractivity contribution in [2.45, 2.75) is 62.8 Å². The van der Waals surface area contributed by atoms with Crippen LogP contribution in [0.2, 0.25) is 0 Å². The quantitative estimate of drug-likeness (QED) is 0.0525. The fourth-order valence-electron chi connectivity index (χ4n) is 5.67. The van der Waals surface area contributed by atoms with Crippen LogP contribution in [0, 0.1) is 11.7 Å². The molecule has 1 N–H and O–H groups in total. The molecule has 0 radical (unpaired) electrons. The SMILES string of the molecule is CCOc1cc([C@@H]2C(=C(O)c3ccc4c(c3)C[C@H](C)O4)C(=O)C(=O)N2c2nnc(SCc3ccccc3F)s2)ccc1OCCC(C)C. The van der Waals surface area contributed by atoms with E-state index < -0.39 is 17.7 Å². The fourth-order valence-corrected chi connectivity index (χ4v) is 7.52. The number of ether oxygens (including phenoxy) is 3. The zero-order chi connectivity index (χ0) is 33.9. The van der Waals surface area contributed by atoms with Crippen LogP contribution in [0.1, 0.15) is 62.4 Å². The van der Waals surface area contributed by atoms with Crippen LogP contribution in [-0.4, -0.2) is 46.3 Å². The number of benzene rings is 3. The number of rotatable bonds is 12. The Kier molecular flexibility index (Phi) is 10.0. The summed E-state index contributed by atoms with van der Waals surface area (Å²) in [6.45, 7) is 8.90. The van der Waals surface area contributed by atoms with Gasteiger partial charge in [-0.2, -0.15) is 0 Å². The lowest BCUT2D eigenvalue weighted by atomic mass is 9.94. The summed E-state index contributed by atoms with van der Waals surface area (Å²) >= 11 is 2.39. The predicted octanol–water partition coefficient (Wildman–Crippen LogP) is 7.74. The Morgan fingerprint density at radius 2 is 1.92 bits per heavy atom. The van der Waals surface area contributed by atoms with Crippen LogP contribution in [0.3, 0.4) is 0 Å². The number of anilines is 1. The first-order chi connectivity index (χ1) is 23.1. The number of Topliss-reactive ketones (excluding diaryl/α,β-unsaturated/α-hetero) is 1. The van der Waals surface area contributed by atoms with E-state index in [1.54, 1.807) is 54.6 Å². The van der Waals surface area contributed by atoms with E-state index >= 15 is 0 Å². The maximum atomic E-state index is 14.3. The van der Waals surface area contributed by atoms with Crippen molar-refractivity contribution < 1.29 is 33.3 Å². The van der Waals surface area contributed by atoms with Crippen molar-refractivity contribution >= 4 is 45.7 Å². The van der Waals surface area contributed by atoms with E-state index in [0.717, 1.165) is 29.1 Å². The van der Waals surface area contributed by atoms with Crippen LogP contribution in [0.25, 0.3) is 5.76 Å². The molecule has 0 unspecified atom stereocenters. The van der Waals surface area contributed by atoms with E-state index in [0.29, 0.717) is 63.8 Å². The minimum Gasteiger partial charge on any atom is -0.507 e. The molecule has 0 bridgehead atoms. The van der Waals surface area contributed by atoms with Gasteiger partial charge < -0.3 is 19.3 Å². The number of aliphatic hydroxyl groups is 1. The van der Waals surface area contributed by atoms with Gasteiger partial charge in [0.1, 0.15) is 23.4 Å². The van der Waals surface area contributed by atoms with Crippen molar-refractivity contribution in [2.24, 2.45) is 5.92 Å². The molecule has 3 heterocycles. The van der Waals surface area contributed by atoms with E-state index in [-0.39, 0.29) is 28.4 Å². The monoisotopic (exact) mass is 689 g/mol. The second-order valence-corrected chi connectivity index (χ2v) is 14.2. The van der Waals surface area contributed by atoms with E-state index in [1.165, 1.54) is 22.7 Å². The number of aliphatic hydroxyl groups excluding tert-OH is 1. The number of nitrogens with zero attached hydrogens (tertiary/aromatic N) is 3. The van der Waals surface area contributed by atoms with Crippen molar-refractivity contribution in [3.63, 3.8) is 0 Å². The number of carbonyl (C=O) groups excluding carboxylic acids is 2. The number of hydrogen-bond acceptors (Lipinski definition) is 10. The molecule has 12 heteroatoms. The molecule has 0 aliphatic carbocycles. The van der Waals surface area contributed by atoms with E-state index in [9.17, 15) is 19.1 Å². The molecule has 1 amide bonds. The minimum absolute atomic E-state index is 0.0101. The Bertz CT molecular complexity index is 1880. The van der Waals surface area contributed by atoms with Crippen molar-refractivity contribution in [3.05, 3.63) is 94.3 Å². The normalized spacial score (nSPS) is 18.3. The number of carbonyl (C=O) groups is 2. The number of fused-ring (bicyclic) bond motifs is 1. The van der Waals surface area contributed by atoms with Gasteiger partial charge in [0.15, 0.2) is 15.8 Å². The molecule has 2 aliphatic heterocycles. The summed E-state index contributed by atoms with van der Waals surface area (Å²) in [5, 5.41) is 20.4. The zero-order valence-electron chi connectivity index (χ0n) is 27.1. The number of thioether (sulfide) groups is 1. The van der Waals surface area contributed by atoms with Crippen molar-refractivity contribution in [1.82, 2.24) is 10.2 Å². The maximum absolute atomic E-state index is 14.3. The van der Waals surface area contributed by atoms with Crippen molar-refractivity contribution in [3.8, 4) is 17.2 Å². The van der Waals surface area contributed by atoms with Crippen molar-refractivity contribution in [1.29, 1.82) is 0 Å². The molecule has 4 aromatic rings. The van der Waals surface area contributed by atoms with Crippen LogP contribution < -0.4 is 19.1 Å². The average molecular weight is 690 g/mol. The van der Waals surface area contributed by atoms with Crippen LogP contribution in [0.5, 0.6) is 17.2 Å². The number of amides is 1. The summed E-state index contributed by atoms with van der Waals surface area (Å²) in [7, 11) is 0. The Morgan fingerprint density at radius 3 is 2.69 bits per heavy atom. The Morgan fingerprint density at radius 1 is 1.10 bits per heavy atom. The number of aromatic nitrogens is 2. The predicted molar refractivity (Wildman–Crippen MR) is 183 cm³/mol. The Hall–Kier alpha value is -4.42. The second-order valence-electron chi connectivity index (χ2n) is 12.0. The standard InChI is InChI=1S/C36H36FN3O6S2/c1-5-44-29-18-22(10-13-28(29)45-15-14-20(2)3)31-30(32(41)23-11-12-27-25(17-23)16-21(4)46-27)33(42)34(43)40(31)35-38-39-36(48-35)47-19-24-8-6-7-9-26(24)37/h6-13,17-18,20-21,31,41H,5,14-16,19H2,1-4H3/t21-,31+/m0/s1. The molecule has 1 saturated heterocycles. The van der Waals surface area contributed by atoms with Gasteiger partial charge in [0, 0.05) is 17.7 Å². The molecule has 1 fully saturated rings. The average Bonchev–Trinajstić information content (AvgIpc) is 3.75. The molecule has 0 spiro atoms. The molecule has 2 atom stereocenters. The van der Waals surface area contributed by atoms with Crippen LogP contribution in [-0.2, 0) is 21.8 Å². The highest BCUT2D eigenvalue weighted by Crippen LogP contribution is 2.46. The Labute approximate surface area is 286 Å². The molecule has 0 saturated carbocycles. The van der Waals surface area contributed by atoms with Crippen molar-refractivity contribution in [2.75, 3.05) is 18.1 Å². The largest absolute Gasteiger partial charge is 0.507 e. The first kappa shape index (κ1) is 33.5. The molecule has 3 aromatic carbocycles. The summed E-state index contributed by atoms with van der Waals surface area (Å²) in [5.41, 5.74) is 2.24. The van der Waals surface area contributed by atoms with E-state index in [4.69, 9.17) is 14.2 Å². The first-order valence-electron chi connectivity index (χ1n) is 15.8. The molecule has 2 aliphatic rings. The smallest absolute Gasteiger partial charge is 0.301 e. The highest BCUT2D eigenvalue weighted by Gasteiger charge is 2.48. The van der Waals surface area contributed by atoms with Crippen LogP contribution in [0.4, 0.5) is 9.52 Å². The van der Waals surface area contributed by atoms with E-state index in [1.807, 2.05) is 13.8 Å². The molecular formula is C36H36FN3O6S2. The summed E-state index contributed by atoms with van der Waals surface area (Å²) in [6.07, 6.45) is 1.50. The summed E-state index contributed by atoms with van der Waals surface area (Å²) < 4.78 is 32.6. The number of hydrogen-bond donors (Lipinski definition) is 1. The third-order valence-corrected chi connectivity index (χ3v) is 10.2. The fraction of sp³-hybridized carbons (Fsp3) is 0.333. The van der Waals surface area contributed by atoms with Gasteiger partial charge in [-0.15, -0.1) is 10.2 Å². The molecule has 6 rings (SSSR count). The highest BCUT2D eigenvalue weighted by atomic mass is 32.2. The van der Waals surface area contributed by atoms with Gasteiger partial charge in [0.25, 0.3) is 5.78 Å². The maximum Gasteiger partial charge on any atom is 0.301 e. The lowest BCUT2D eigenvalue weighted by Crippen LogP contribution is -2.29. The molecule has 1 aromatic heterocycles. The third-order valence-electron chi connectivity index (χ3n) is 8.06. The number of halogens is 1. The first-order valence-corrected chi connectivity index (χ1v) is 17.6. The lowest BCUT2D eigenvalue weighted by Gasteiger charge is -2.24.